The van der Waals surface area contributed by atoms with E-state index in [9.17, 15) is 4.79 Å². The number of allylic oxidation sites excluding steroid dienone is 1. The first-order valence-corrected chi connectivity index (χ1v) is 7.57. The first-order valence-electron chi connectivity index (χ1n) is 7.16. The number of carbonyl (C=O) groups is 1. The van der Waals surface area contributed by atoms with Crippen LogP contribution in [-0.4, -0.2) is 20.7 Å². The fourth-order valence-electron chi connectivity index (χ4n) is 2.22. The topological polar surface area (TPSA) is 62.7 Å². The van der Waals surface area contributed by atoms with Crippen LogP contribution in [0.2, 0.25) is 0 Å². The van der Waals surface area contributed by atoms with Gasteiger partial charge in [-0.2, -0.15) is 5.10 Å². The van der Waals surface area contributed by atoms with Gasteiger partial charge in [0.05, 0.1) is 6.04 Å². The van der Waals surface area contributed by atoms with Gasteiger partial charge in [-0.3, -0.25) is 14.5 Å². The van der Waals surface area contributed by atoms with Crippen molar-refractivity contribution in [1.82, 2.24) is 20.1 Å². The Morgan fingerprint density at radius 2 is 2.14 bits per heavy atom. The number of aromatic nitrogens is 3. The summed E-state index contributed by atoms with van der Waals surface area (Å²) in [5.41, 5.74) is 0.623. The van der Waals surface area contributed by atoms with Crippen molar-refractivity contribution in [3.05, 3.63) is 59.1 Å². The molecule has 116 valence electrons. The molecule has 0 unspecified atom stereocenters. The minimum Gasteiger partial charge on any atom is -0.342 e. The number of aromatic amines is 1. The Kier molecular flexibility index (Phi) is 5.27. The van der Waals surface area contributed by atoms with Gasteiger partial charge in [0, 0.05) is 12.1 Å². The minimum atomic E-state index is -0.236. The van der Waals surface area contributed by atoms with Crippen LogP contribution in [0.5, 0.6) is 0 Å². The Balaban J connectivity index is 2.30. The summed E-state index contributed by atoms with van der Waals surface area (Å²) in [4.78, 5) is 12.4. The summed E-state index contributed by atoms with van der Waals surface area (Å²) in [6.07, 6.45) is 1.76. The summed E-state index contributed by atoms with van der Waals surface area (Å²) >= 11 is 5.24. The lowest BCUT2D eigenvalue weighted by molar-refractivity contribution is 0.0922. The number of H-pyrrole nitrogens is 1. The van der Waals surface area contributed by atoms with E-state index in [4.69, 9.17) is 12.2 Å². The summed E-state index contributed by atoms with van der Waals surface area (Å²) in [5.74, 6) is 0.754. The smallest absolute Gasteiger partial charge is 0.251 e. The highest BCUT2D eigenvalue weighted by atomic mass is 32.1. The largest absolute Gasteiger partial charge is 0.342 e. The first kappa shape index (κ1) is 16.2. The number of nitrogens with one attached hydrogen (secondary N) is 2. The molecular formula is C16H20N4OS. The van der Waals surface area contributed by atoms with Crippen LogP contribution in [0.15, 0.2) is 43.0 Å². The standard InChI is InChI=1S/C16H20N4OS/c1-4-10-20-14(18-19-16(20)22)13(11(2)3)17-15(21)12-8-6-5-7-9-12/h4-9,11,13H,1,10H2,2-3H3,(H,17,21)(H,19,22)/t13-/m1/s1. The van der Waals surface area contributed by atoms with Crippen molar-refractivity contribution < 1.29 is 4.79 Å². The maximum Gasteiger partial charge on any atom is 0.251 e. The molecule has 0 aliphatic rings. The average Bonchev–Trinajstić information content (AvgIpc) is 2.87. The molecule has 0 aliphatic carbocycles. The third-order valence-electron chi connectivity index (χ3n) is 3.37. The summed E-state index contributed by atoms with van der Waals surface area (Å²) in [7, 11) is 0. The Bertz CT molecular complexity index is 702. The van der Waals surface area contributed by atoms with E-state index in [0.717, 1.165) is 0 Å². The zero-order valence-electron chi connectivity index (χ0n) is 12.7. The molecule has 6 heteroatoms. The van der Waals surface area contributed by atoms with Crippen molar-refractivity contribution in [2.45, 2.75) is 26.4 Å². The van der Waals surface area contributed by atoms with Crippen LogP contribution in [0.25, 0.3) is 0 Å². The van der Waals surface area contributed by atoms with E-state index in [2.05, 4.69) is 22.1 Å². The molecule has 1 atom stereocenters. The van der Waals surface area contributed by atoms with Crippen molar-refractivity contribution in [2.24, 2.45) is 5.92 Å². The van der Waals surface area contributed by atoms with Gasteiger partial charge in [-0.1, -0.05) is 38.1 Å². The highest BCUT2D eigenvalue weighted by Gasteiger charge is 2.24. The number of hydrogen-bond donors (Lipinski definition) is 2. The molecule has 0 radical (unpaired) electrons. The maximum atomic E-state index is 12.4. The van der Waals surface area contributed by atoms with Crippen LogP contribution < -0.4 is 5.32 Å². The highest BCUT2D eigenvalue weighted by Crippen LogP contribution is 2.21. The van der Waals surface area contributed by atoms with Gasteiger partial charge in [-0.15, -0.1) is 6.58 Å². The molecule has 0 fully saturated rings. The molecule has 1 amide bonds. The number of amides is 1. The number of benzene rings is 1. The van der Waals surface area contributed by atoms with Crippen LogP contribution in [0, 0.1) is 10.7 Å². The van der Waals surface area contributed by atoms with Crippen LogP contribution >= 0.6 is 12.2 Å². The fraction of sp³-hybridized carbons (Fsp3) is 0.312. The third kappa shape index (κ3) is 3.51. The van der Waals surface area contributed by atoms with Gasteiger partial charge in [0.15, 0.2) is 10.6 Å². The molecule has 1 heterocycles. The number of rotatable bonds is 6. The van der Waals surface area contributed by atoms with Crippen LogP contribution in [0.1, 0.15) is 36.1 Å². The van der Waals surface area contributed by atoms with E-state index in [1.165, 1.54) is 0 Å². The minimum absolute atomic E-state index is 0.127. The van der Waals surface area contributed by atoms with Gasteiger partial charge in [0.2, 0.25) is 0 Å². The maximum absolute atomic E-state index is 12.4. The number of carbonyl (C=O) groups excluding carboxylic acids is 1. The van der Waals surface area contributed by atoms with E-state index >= 15 is 0 Å². The fourth-order valence-corrected chi connectivity index (χ4v) is 2.43. The molecule has 2 N–H and O–H groups in total. The summed E-state index contributed by atoms with van der Waals surface area (Å²) < 4.78 is 2.37. The summed E-state index contributed by atoms with van der Waals surface area (Å²) in [6, 6.07) is 8.90. The molecule has 0 bridgehead atoms. The molecule has 2 rings (SSSR count). The molecule has 1 aromatic carbocycles. The summed E-state index contributed by atoms with van der Waals surface area (Å²) in [5, 5.41) is 10.1. The zero-order chi connectivity index (χ0) is 16.1. The molecule has 0 aliphatic heterocycles. The molecule has 0 saturated carbocycles. The van der Waals surface area contributed by atoms with Gasteiger partial charge in [-0.25, -0.2) is 0 Å². The zero-order valence-corrected chi connectivity index (χ0v) is 13.6. The molecule has 0 saturated heterocycles. The second-order valence-corrected chi connectivity index (χ2v) is 5.73. The quantitative estimate of drug-likeness (QED) is 0.635. The van der Waals surface area contributed by atoms with Gasteiger partial charge < -0.3 is 5.32 Å². The second kappa shape index (κ2) is 7.17. The van der Waals surface area contributed by atoms with Gasteiger partial charge >= 0.3 is 0 Å². The van der Waals surface area contributed by atoms with Gasteiger partial charge in [0.25, 0.3) is 5.91 Å². The normalized spacial score (nSPS) is 12.1. The van der Waals surface area contributed by atoms with Crippen molar-refractivity contribution in [1.29, 1.82) is 0 Å². The number of nitrogens with zero attached hydrogens (tertiary/aromatic N) is 2. The van der Waals surface area contributed by atoms with E-state index in [-0.39, 0.29) is 17.9 Å². The Morgan fingerprint density at radius 1 is 1.45 bits per heavy atom. The molecule has 5 nitrogen and oxygen atoms in total. The summed E-state index contributed by atoms with van der Waals surface area (Å²) in [6.45, 7) is 8.35. The molecule has 1 aromatic heterocycles. The number of hydrogen-bond acceptors (Lipinski definition) is 3. The molecule has 2 aromatic rings. The SMILES string of the molecule is C=CCn1c([C@H](NC(=O)c2ccccc2)C(C)C)n[nH]c1=S. The van der Waals surface area contributed by atoms with Crippen LogP contribution in [0.4, 0.5) is 0 Å². The lowest BCUT2D eigenvalue weighted by atomic mass is 10.0. The monoisotopic (exact) mass is 316 g/mol. The van der Waals surface area contributed by atoms with E-state index in [1.807, 2.05) is 36.6 Å². The van der Waals surface area contributed by atoms with Crippen molar-refractivity contribution in [3.63, 3.8) is 0 Å². The van der Waals surface area contributed by atoms with Crippen molar-refractivity contribution >= 4 is 18.1 Å². The highest BCUT2D eigenvalue weighted by molar-refractivity contribution is 7.71. The first-order chi connectivity index (χ1) is 10.5. The van der Waals surface area contributed by atoms with Gasteiger partial charge in [-0.05, 0) is 30.3 Å². The van der Waals surface area contributed by atoms with Crippen LogP contribution in [0.3, 0.4) is 0 Å². The average molecular weight is 316 g/mol. The molecule has 0 spiro atoms. The Hall–Kier alpha value is -2.21. The van der Waals surface area contributed by atoms with Crippen LogP contribution in [-0.2, 0) is 6.54 Å². The molecular weight excluding hydrogens is 296 g/mol. The van der Waals surface area contributed by atoms with E-state index in [0.29, 0.717) is 22.7 Å². The Morgan fingerprint density at radius 3 is 2.73 bits per heavy atom. The predicted molar refractivity (Wildman–Crippen MR) is 89.1 cm³/mol. The predicted octanol–water partition coefficient (Wildman–Crippen LogP) is 3.25. The van der Waals surface area contributed by atoms with Gasteiger partial charge in [0.1, 0.15) is 0 Å². The second-order valence-electron chi connectivity index (χ2n) is 5.35. The Labute approximate surface area is 135 Å². The van der Waals surface area contributed by atoms with Crippen molar-refractivity contribution in [2.75, 3.05) is 0 Å². The lowest BCUT2D eigenvalue weighted by Crippen LogP contribution is -2.33. The molecule has 22 heavy (non-hydrogen) atoms. The lowest BCUT2D eigenvalue weighted by Gasteiger charge is -2.22. The van der Waals surface area contributed by atoms with E-state index in [1.54, 1.807) is 18.2 Å². The van der Waals surface area contributed by atoms with Crippen molar-refractivity contribution in [3.8, 4) is 0 Å². The third-order valence-corrected chi connectivity index (χ3v) is 3.68. The van der Waals surface area contributed by atoms with E-state index < -0.39 is 0 Å².